The zero-order valence-electron chi connectivity index (χ0n) is 15.6. The Morgan fingerprint density at radius 3 is 2.04 bits per heavy atom. The molecular weight excluding hydrogens is 280 g/mol. The van der Waals surface area contributed by atoms with Gasteiger partial charge in [-0.2, -0.15) is 0 Å². The van der Waals surface area contributed by atoms with Gasteiger partial charge in [0.25, 0.3) is 0 Å². The van der Waals surface area contributed by atoms with Crippen LogP contribution in [0.25, 0.3) is 0 Å². The normalized spacial score (nSPS) is 10.2. The highest BCUT2D eigenvalue weighted by molar-refractivity contribution is 5.47. The van der Waals surface area contributed by atoms with E-state index in [1.807, 2.05) is 44.2 Å². The summed E-state index contributed by atoms with van der Waals surface area (Å²) in [6, 6.07) is 14.5. The summed E-state index contributed by atoms with van der Waals surface area (Å²) in [4.78, 5) is 0. The lowest BCUT2D eigenvalue weighted by Gasteiger charge is -2.18. The Labute approximate surface area is 142 Å². The smallest absolute Gasteiger partial charge is 0.133 e. The minimum Gasteiger partial charge on any atom is -0.457 e. The van der Waals surface area contributed by atoms with Gasteiger partial charge in [0.1, 0.15) is 11.5 Å². The second-order valence-corrected chi connectivity index (χ2v) is 5.80. The van der Waals surface area contributed by atoms with Gasteiger partial charge in [0.15, 0.2) is 0 Å². The van der Waals surface area contributed by atoms with Crippen molar-refractivity contribution in [3.05, 3.63) is 59.2 Å². The summed E-state index contributed by atoms with van der Waals surface area (Å²) in [7, 11) is 0. The van der Waals surface area contributed by atoms with Crippen LogP contribution in [0.2, 0.25) is 0 Å². The number of hydrogen-bond acceptors (Lipinski definition) is 1. The molecule has 1 nitrogen and oxygen atoms in total. The van der Waals surface area contributed by atoms with Crippen molar-refractivity contribution in [3.63, 3.8) is 0 Å². The van der Waals surface area contributed by atoms with Crippen LogP contribution < -0.4 is 4.74 Å². The summed E-state index contributed by atoms with van der Waals surface area (Å²) in [5.41, 5.74) is 3.90. The molecule has 0 saturated heterocycles. The molecule has 0 amide bonds. The van der Waals surface area contributed by atoms with E-state index in [2.05, 4.69) is 39.8 Å². The van der Waals surface area contributed by atoms with Crippen molar-refractivity contribution in [3.8, 4) is 11.5 Å². The molecule has 0 saturated carbocycles. The molecule has 0 heterocycles. The second kappa shape index (κ2) is 10.1. The molecule has 0 fully saturated rings. The first-order chi connectivity index (χ1) is 11.2. The number of hydrogen-bond donors (Lipinski definition) is 0. The third-order valence-electron chi connectivity index (χ3n) is 4.34. The summed E-state index contributed by atoms with van der Waals surface area (Å²) < 4.78 is 6.13. The van der Waals surface area contributed by atoms with Crippen molar-refractivity contribution >= 4 is 0 Å². The minimum atomic E-state index is 0.760. The highest BCUT2D eigenvalue weighted by atomic mass is 16.5. The SMILES string of the molecule is CC.CCC(CC)Cc1ccc(C)c(Oc2ccccc2)c1C. The lowest BCUT2D eigenvalue weighted by atomic mass is 9.91. The van der Waals surface area contributed by atoms with Gasteiger partial charge in [-0.3, -0.25) is 0 Å². The Hall–Kier alpha value is -1.76. The van der Waals surface area contributed by atoms with Gasteiger partial charge in [-0.05, 0) is 55.0 Å². The van der Waals surface area contributed by atoms with Crippen LogP contribution in [0.15, 0.2) is 42.5 Å². The first-order valence-electron chi connectivity index (χ1n) is 8.97. The fourth-order valence-electron chi connectivity index (χ4n) is 2.74. The number of ether oxygens (including phenoxy) is 1. The average Bonchev–Trinajstić information content (AvgIpc) is 2.61. The molecule has 0 unspecified atom stereocenters. The van der Waals surface area contributed by atoms with Crippen molar-refractivity contribution in [2.24, 2.45) is 5.92 Å². The van der Waals surface area contributed by atoms with E-state index in [1.54, 1.807) is 0 Å². The summed E-state index contributed by atoms with van der Waals surface area (Å²) in [5, 5.41) is 0. The largest absolute Gasteiger partial charge is 0.457 e. The zero-order valence-corrected chi connectivity index (χ0v) is 15.6. The molecule has 2 aromatic rings. The predicted octanol–water partition coefficient (Wildman–Crippen LogP) is 7.10. The van der Waals surface area contributed by atoms with E-state index < -0.39 is 0 Å². The maximum atomic E-state index is 6.13. The molecule has 1 heteroatoms. The van der Waals surface area contributed by atoms with E-state index in [1.165, 1.54) is 29.5 Å². The van der Waals surface area contributed by atoms with E-state index >= 15 is 0 Å². The minimum absolute atomic E-state index is 0.760. The first kappa shape index (κ1) is 19.3. The van der Waals surface area contributed by atoms with Crippen molar-refractivity contribution in [2.45, 2.75) is 60.8 Å². The van der Waals surface area contributed by atoms with Crippen molar-refractivity contribution in [2.75, 3.05) is 0 Å². The van der Waals surface area contributed by atoms with Crippen LogP contribution in [0.3, 0.4) is 0 Å². The topological polar surface area (TPSA) is 9.23 Å². The molecule has 0 radical (unpaired) electrons. The van der Waals surface area contributed by atoms with Gasteiger partial charge in [-0.25, -0.2) is 0 Å². The van der Waals surface area contributed by atoms with Gasteiger partial charge < -0.3 is 4.74 Å². The Bertz CT molecular complexity index is 568. The van der Waals surface area contributed by atoms with E-state index in [0.717, 1.165) is 23.8 Å². The van der Waals surface area contributed by atoms with Gasteiger partial charge in [0.05, 0.1) is 0 Å². The van der Waals surface area contributed by atoms with Crippen LogP contribution in [0.1, 0.15) is 57.2 Å². The highest BCUT2D eigenvalue weighted by Gasteiger charge is 2.13. The molecule has 126 valence electrons. The van der Waals surface area contributed by atoms with E-state index in [9.17, 15) is 0 Å². The van der Waals surface area contributed by atoms with Gasteiger partial charge in [-0.1, -0.05) is 70.9 Å². The number of para-hydroxylation sites is 1. The Kier molecular flexibility index (Phi) is 8.47. The van der Waals surface area contributed by atoms with Crippen LogP contribution in [0.4, 0.5) is 0 Å². The Balaban J connectivity index is 0.00000127. The van der Waals surface area contributed by atoms with Crippen LogP contribution >= 0.6 is 0 Å². The molecule has 0 aliphatic heterocycles. The fourth-order valence-corrected chi connectivity index (χ4v) is 2.74. The number of benzene rings is 2. The molecule has 0 atom stereocenters. The Morgan fingerprint density at radius 1 is 0.870 bits per heavy atom. The zero-order chi connectivity index (χ0) is 17.2. The lowest BCUT2D eigenvalue weighted by Crippen LogP contribution is -2.04. The molecule has 2 aromatic carbocycles. The van der Waals surface area contributed by atoms with Crippen LogP contribution in [0, 0.1) is 19.8 Å². The highest BCUT2D eigenvalue weighted by Crippen LogP contribution is 2.32. The average molecular weight is 312 g/mol. The lowest BCUT2D eigenvalue weighted by molar-refractivity contribution is 0.466. The van der Waals surface area contributed by atoms with E-state index in [-0.39, 0.29) is 0 Å². The van der Waals surface area contributed by atoms with Gasteiger partial charge >= 0.3 is 0 Å². The third kappa shape index (κ3) is 5.42. The molecule has 2 rings (SSSR count). The van der Waals surface area contributed by atoms with Crippen molar-refractivity contribution in [1.82, 2.24) is 0 Å². The molecule has 23 heavy (non-hydrogen) atoms. The van der Waals surface area contributed by atoms with Crippen molar-refractivity contribution in [1.29, 1.82) is 0 Å². The summed E-state index contributed by atoms with van der Waals surface area (Å²) >= 11 is 0. The van der Waals surface area contributed by atoms with Crippen LogP contribution in [-0.4, -0.2) is 0 Å². The molecule has 0 aliphatic rings. The van der Waals surface area contributed by atoms with Gasteiger partial charge in [0, 0.05) is 0 Å². The molecule has 0 spiro atoms. The van der Waals surface area contributed by atoms with Crippen molar-refractivity contribution < 1.29 is 4.74 Å². The second-order valence-electron chi connectivity index (χ2n) is 5.80. The summed E-state index contributed by atoms with van der Waals surface area (Å²) in [6.07, 6.45) is 3.61. The van der Waals surface area contributed by atoms with Crippen LogP contribution in [-0.2, 0) is 6.42 Å². The van der Waals surface area contributed by atoms with Gasteiger partial charge in [0.2, 0.25) is 0 Å². The summed E-state index contributed by atoms with van der Waals surface area (Å²) in [5.74, 6) is 2.68. The van der Waals surface area contributed by atoms with E-state index in [4.69, 9.17) is 4.74 Å². The summed E-state index contributed by atoms with van der Waals surface area (Å²) in [6.45, 7) is 12.9. The molecule has 0 bridgehead atoms. The number of rotatable bonds is 6. The molecular formula is C22H32O. The van der Waals surface area contributed by atoms with Crippen LogP contribution in [0.5, 0.6) is 11.5 Å². The third-order valence-corrected chi connectivity index (χ3v) is 4.34. The molecule has 0 aliphatic carbocycles. The molecule has 0 aromatic heterocycles. The Morgan fingerprint density at radius 2 is 1.48 bits per heavy atom. The first-order valence-corrected chi connectivity index (χ1v) is 8.97. The standard InChI is InChI=1S/C20H26O.C2H6/c1-5-17(6-2)14-18-13-12-15(3)20(16(18)4)21-19-10-8-7-9-11-19;1-2/h7-13,17H,5-6,14H2,1-4H3;1-2H3. The van der Waals surface area contributed by atoms with E-state index in [0.29, 0.717) is 0 Å². The predicted molar refractivity (Wildman–Crippen MR) is 102 cm³/mol. The maximum Gasteiger partial charge on any atom is 0.133 e. The maximum absolute atomic E-state index is 6.13. The number of aryl methyl sites for hydroxylation is 1. The quantitative estimate of drug-likeness (QED) is 0.552. The molecule has 0 N–H and O–H groups in total. The fraction of sp³-hybridized carbons (Fsp3) is 0.455. The van der Waals surface area contributed by atoms with Gasteiger partial charge in [-0.15, -0.1) is 0 Å². The monoisotopic (exact) mass is 312 g/mol.